The van der Waals surface area contributed by atoms with Crippen molar-refractivity contribution in [2.75, 3.05) is 18.5 Å². The van der Waals surface area contributed by atoms with Crippen LogP contribution in [0.5, 0.6) is 0 Å². The van der Waals surface area contributed by atoms with Crippen molar-refractivity contribution in [1.82, 2.24) is 5.32 Å². The van der Waals surface area contributed by atoms with Crippen molar-refractivity contribution in [2.45, 2.75) is 44.8 Å². The molecular formula is C15H19N3O2S. The first-order valence-corrected chi connectivity index (χ1v) is 8.26. The minimum absolute atomic E-state index is 0.0199. The standard InChI is InChI=1S/C15H19N3O2S/c16-8-12-11-5-6-17-9-13(11)21-15(12)18-14(19)4-3-10-2-1-7-20-10/h10,17H,1-7,9H2,(H,18,19). The Morgan fingerprint density at radius 3 is 3.24 bits per heavy atom. The average molecular weight is 305 g/mol. The first-order valence-electron chi connectivity index (χ1n) is 7.44. The largest absolute Gasteiger partial charge is 0.378 e. The summed E-state index contributed by atoms with van der Waals surface area (Å²) in [6.07, 6.45) is 4.45. The molecule has 2 N–H and O–H groups in total. The maximum Gasteiger partial charge on any atom is 0.225 e. The molecule has 0 spiro atoms. The van der Waals surface area contributed by atoms with Gasteiger partial charge in [-0.25, -0.2) is 0 Å². The number of ether oxygens (including phenoxy) is 1. The van der Waals surface area contributed by atoms with Gasteiger partial charge >= 0.3 is 0 Å². The predicted octanol–water partition coefficient (Wildman–Crippen LogP) is 2.16. The fraction of sp³-hybridized carbons (Fsp3) is 0.600. The van der Waals surface area contributed by atoms with E-state index < -0.39 is 0 Å². The smallest absolute Gasteiger partial charge is 0.225 e. The van der Waals surface area contributed by atoms with E-state index in [2.05, 4.69) is 16.7 Å². The van der Waals surface area contributed by atoms with Gasteiger partial charge in [0.2, 0.25) is 5.91 Å². The fourth-order valence-electron chi connectivity index (χ4n) is 2.89. The number of nitrogens with zero attached hydrogens (tertiary/aromatic N) is 1. The van der Waals surface area contributed by atoms with Crippen LogP contribution in [-0.2, 0) is 22.5 Å². The van der Waals surface area contributed by atoms with Crippen LogP contribution in [0.1, 0.15) is 41.7 Å². The molecule has 1 unspecified atom stereocenters. The van der Waals surface area contributed by atoms with Crippen LogP contribution in [0.3, 0.4) is 0 Å². The van der Waals surface area contributed by atoms with E-state index in [0.717, 1.165) is 50.9 Å². The number of hydrogen-bond acceptors (Lipinski definition) is 5. The summed E-state index contributed by atoms with van der Waals surface area (Å²) in [5.74, 6) is -0.0199. The third-order valence-electron chi connectivity index (χ3n) is 4.01. The lowest BCUT2D eigenvalue weighted by Crippen LogP contribution is -2.22. The summed E-state index contributed by atoms with van der Waals surface area (Å²) >= 11 is 1.52. The van der Waals surface area contributed by atoms with Gasteiger partial charge < -0.3 is 15.4 Å². The van der Waals surface area contributed by atoms with Crippen LogP contribution >= 0.6 is 11.3 Å². The summed E-state index contributed by atoms with van der Waals surface area (Å²) in [4.78, 5) is 13.2. The molecule has 0 saturated carbocycles. The zero-order valence-electron chi connectivity index (χ0n) is 11.9. The predicted molar refractivity (Wildman–Crippen MR) is 81.3 cm³/mol. The highest BCUT2D eigenvalue weighted by Gasteiger charge is 2.22. The molecular weight excluding hydrogens is 286 g/mol. The molecule has 5 nitrogen and oxygen atoms in total. The second-order valence-electron chi connectivity index (χ2n) is 5.47. The minimum atomic E-state index is -0.0199. The highest BCUT2D eigenvalue weighted by atomic mass is 32.1. The highest BCUT2D eigenvalue weighted by molar-refractivity contribution is 7.16. The first kappa shape index (κ1) is 14.5. The number of anilines is 1. The second-order valence-corrected chi connectivity index (χ2v) is 6.57. The molecule has 0 aromatic carbocycles. The van der Waals surface area contributed by atoms with Gasteiger partial charge in [-0.05, 0) is 37.8 Å². The molecule has 0 aliphatic carbocycles. The van der Waals surface area contributed by atoms with Crippen molar-refractivity contribution < 1.29 is 9.53 Å². The van der Waals surface area contributed by atoms with Crippen LogP contribution in [0.4, 0.5) is 5.00 Å². The van der Waals surface area contributed by atoms with Crippen molar-refractivity contribution in [3.8, 4) is 6.07 Å². The van der Waals surface area contributed by atoms with Gasteiger partial charge in [-0.2, -0.15) is 5.26 Å². The maximum absolute atomic E-state index is 12.1. The van der Waals surface area contributed by atoms with Gasteiger partial charge in [0.05, 0.1) is 11.7 Å². The quantitative estimate of drug-likeness (QED) is 0.894. The number of amides is 1. The van der Waals surface area contributed by atoms with Gasteiger partial charge in [0.25, 0.3) is 0 Å². The molecule has 1 aromatic heterocycles. The molecule has 1 saturated heterocycles. The lowest BCUT2D eigenvalue weighted by molar-refractivity contribution is -0.116. The number of nitrogens with one attached hydrogen (secondary N) is 2. The number of carbonyl (C=O) groups is 1. The van der Waals surface area contributed by atoms with Gasteiger partial charge in [-0.3, -0.25) is 4.79 Å². The third kappa shape index (κ3) is 3.26. The monoisotopic (exact) mass is 305 g/mol. The Morgan fingerprint density at radius 2 is 2.48 bits per heavy atom. The van der Waals surface area contributed by atoms with E-state index in [0.29, 0.717) is 17.0 Å². The molecule has 1 atom stereocenters. The Hall–Kier alpha value is -1.42. The van der Waals surface area contributed by atoms with E-state index in [1.165, 1.54) is 16.2 Å². The molecule has 0 radical (unpaired) electrons. The molecule has 0 bridgehead atoms. The van der Waals surface area contributed by atoms with Crippen LogP contribution in [0, 0.1) is 11.3 Å². The van der Waals surface area contributed by atoms with Crippen molar-refractivity contribution in [1.29, 1.82) is 5.26 Å². The van der Waals surface area contributed by atoms with Crippen molar-refractivity contribution in [3.63, 3.8) is 0 Å². The summed E-state index contributed by atoms with van der Waals surface area (Å²) in [5, 5.41) is 16.3. The van der Waals surface area contributed by atoms with Gasteiger partial charge in [-0.15, -0.1) is 11.3 Å². The number of hydrogen-bond donors (Lipinski definition) is 2. The molecule has 3 heterocycles. The van der Waals surface area contributed by atoms with Crippen molar-refractivity contribution in [3.05, 3.63) is 16.0 Å². The average Bonchev–Trinajstić information content (AvgIpc) is 3.12. The van der Waals surface area contributed by atoms with E-state index in [1.54, 1.807) is 0 Å². The van der Waals surface area contributed by atoms with Gasteiger partial charge in [-0.1, -0.05) is 0 Å². The summed E-state index contributed by atoms with van der Waals surface area (Å²) < 4.78 is 5.53. The number of rotatable bonds is 4. The Labute approximate surface area is 128 Å². The molecule has 1 aromatic rings. The summed E-state index contributed by atoms with van der Waals surface area (Å²) in [7, 11) is 0. The van der Waals surface area contributed by atoms with Crippen LogP contribution in [-0.4, -0.2) is 25.2 Å². The Bertz CT molecular complexity index is 570. The topological polar surface area (TPSA) is 74.2 Å². The van der Waals surface area contributed by atoms with Crippen molar-refractivity contribution in [2.24, 2.45) is 0 Å². The summed E-state index contributed by atoms with van der Waals surface area (Å²) in [6, 6.07) is 2.25. The van der Waals surface area contributed by atoms with Crippen LogP contribution < -0.4 is 10.6 Å². The SMILES string of the molecule is N#Cc1c(NC(=O)CCC2CCCO2)sc2c1CCNC2. The van der Waals surface area contributed by atoms with E-state index in [1.807, 2.05) is 0 Å². The van der Waals surface area contributed by atoms with E-state index in [-0.39, 0.29) is 12.0 Å². The summed E-state index contributed by atoms with van der Waals surface area (Å²) in [5.41, 5.74) is 1.76. The van der Waals surface area contributed by atoms with Crippen LogP contribution in [0.2, 0.25) is 0 Å². The summed E-state index contributed by atoms with van der Waals surface area (Å²) in [6.45, 7) is 2.50. The van der Waals surface area contributed by atoms with Gasteiger partial charge in [0.15, 0.2) is 0 Å². The molecule has 3 rings (SSSR count). The van der Waals surface area contributed by atoms with Crippen LogP contribution in [0.15, 0.2) is 0 Å². The maximum atomic E-state index is 12.1. The molecule has 6 heteroatoms. The molecule has 1 amide bonds. The molecule has 1 fully saturated rings. The Kier molecular flexibility index (Phi) is 4.54. The molecule has 112 valence electrons. The van der Waals surface area contributed by atoms with E-state index >= 15 is 0 Å². The van der Waals surface area contributed by atoms with E-state index in [4.69, 9.17) is 4.74 Å². The highest BCUT2D eigenvalue weighted by Crippen LogP contribution is 2.34. The zero-order chi connectivity index (χ0) is 14.7. The molecule has 2 aliphatic rings. The fourth-order valence-corrected chi connectivity index (χ4v) is 4.08. The molecule has 21 heavy (non-hydrogen) atoms. The first-order chi connectivity index (χ1) is 10.3. The normalized spacial score (nSPS) is 20.8. The third-order valence-corrected chi connectivity index (χ3v) is 5.16. The lowest BCUT2D eigenvalue weighted by atomic mass is 10.0. The second kappa shape index (κ2) is 6.56. The number of nitriles is 1. The lowest BCUT2D eigenvalue weighted by Gasteiger charge is -2.11. The number of carbonyl (C=O) groups excluding carboxylic acids is 1. The Morgan fingerprint density at radius 1 is 1.57 bits per heavy atom. The number of thiophene rings is 1. The van der Waals surface area contributed by atoms with Gasteiger partial charge in [0, 0.05) is 24.4 Å². The van der Waals surface area contributed by atoms with Crippen molar-refractivity contribution >= 4 is 22.2 Å². The zero-order valence-corrected chi connectivity index (χ0v) is 12.7. The van der Waals surface area contributed by atoms with E-state index in [9.17, 15) is 10.1 Å². The minimum Gasteiger partial charge on any atom is -0.378 e. The molecule has 2 aliphatic heterocycles. The van der Waals surface area contributed by atoms with Gasteiger partial charge in [0.1, 0.15) is 11.1 Å². The Balaban J connectivity index is 1.62. The number of fused-ring (bicyclic) bond motifs is 1. The van der Waals surface area contributed by atoms with Crippen LogP contribution in [0.25, 0.3) is 0 Å².